The van der Waals surface area contributed by atoms with E-state index in [-0.39, 0.29) is 6.04 Å². The van der Waals surface area contributed by atoms with Crippen molar-refractivity contribution < 1.29 is 0 Å². The van der Waals surface area contributed by atoms with Gasteiger partial charge in [-0.25, -0.2) is 4.98 Å². The molecule has 120 valence electrons. The standard InChI is InChI=1S/C15H15N9/c1-11(10-23-17-8-9-18-23)19-15-16-7-6-14(20-15)24-13-5-3-2-4-12(13)21-22-24/h2-9,11H,10H2,1H3,(H,16,19,20)/t11-/m1/s1. The highest BCUT2D eigenvalue weighted by atomic mass is 15.5. The molecule has 4 aromatic rings. The molecule has 9 heteroatoms. The van der Waals surface area contributed by atoms with Crippen LogP contribution in [-0.2, 0) is 6.54 Å². The van der Waals surface area contributed by atoms with Gasteiger partial charge in [0, 0.05) is 18.3 Å². The van der Waals surface area contributed by atoms with E-state index in [2.05, 4.69) is 35.8 Å². The number of nitrogens with one attached hydrogen (secondary N) is 1. The summed E-state index contributed by atoms with van der Waals surface area (Å²) >= 11 is 0. The third-order valence-electron chi connectivity index (χ3n) is 3.49. The normalized spacial score (nSPS) is 12.4. The van der Waals surface area contributed by atoms with Gasteiger partial charge in [-0.05, 0) is 19.1 Å². The molecule has 0 amide bonds. The Morgan fingerprint density at radius 2 is 1.92 bits per heavy atom. The summed E-state index contributed by atoms with van der Waals surface area (Å²) in [7, 11) is 0. The van der Waals surface area contributed by atoms with Crippen LogP contribution < -0.4 is 5.32 Å². The Hall–Kier alpha value is -3.36. The molecule has 1 N–H and O–H groups in total. The molecule has 0 aliphatic heterocycles. The average molecular weight is 321 g/mol. The Morgan fingerprint density at radius 3 is 2.79 bits per heavy atom. The third-order valence-corrected chi connectivity index (χ3v) is 3.49. The molecule has 9 nitrogen and oxygen atoms in total. The van der Waals surface area contributed by atoms with Crippen LogP contribution in [0.2, 0.25) is 0 Å². The van der Waals surface area contributed by atoms with Crippen LogP contribution in [0.25, 0.3) is 16.9 Å². The molecule has 0 radical (unpaired) electrons. The predicted molar refractivity (Wildman–Crippen MR) is 87.6 cm³/mol. The van der Waals surface area contributed by atoms with Crippen LogP contribution in [0.4, 0.5) is 5.95 Å². The molecule has 0 saturated heterocycles. The van der Waals surface area contributed by atoms with Gasteiger partial charge in [0.2, 0.25) is 5.95 Å². The molecule has 1 aromatic carbocycles. The van der Waals surface area contributed by atoms with Gasteiger partial charge in [-0.15, -0.1) is 5.10 Å². The minimum absolute atomic E-state index is 0.0696. The van der Waals surface area contributed by atoms with Crippen molar-refractivity contribution in [2.45, 2.75) is 19.5 Å². The van der Waals surface area contributed by atoms with Crippen molar-refractivity contribution in [3.63, 3.8) is 0 Å². The van der Waals surface area contributed by atoms with Gasteiger partial charge >= 0.3 is 0 Å². The maximum Gasteiger partial charge on any atom is 0.224 e. The monoisotopic (exact) mass is 321 g/mol. The highest BCUT2D eigenvalue weighted by Crippen LogP contribution is 2.15. The number of nitrogens with zero attached hydrogens (tertiary/aromatic N) is 8. The van der Waals surface area contributed by atoms with Gasteiger partial charge in [-0.3, -0.25) is 0 Å². The molecule has 1 atom stereocenters. The lowest BCUT2D eigenvalue weighted by atomic mass is 10.3. The number of fused-ring (bicyclic) bond motifs is 1. The molecule has 3 heterocycles. The van der Waals surface area contributed by atoms with Gasteiger partial charge in [0.1, 0.15) is 5.52 Å². The van der Waals surface area contributed by atoms with Crippen LogP contribution in [-0.4, -0.2) is 46.0 Å². The van der Waals surface area contributed by atoms with E-state index in [9.17, 15) is 0 Å². The highest BCUT2D eigenvalue weighted by molar-refractivity contribution is 5.75. The number of hydrogen-bond acceptors (Lipinski definition) is 7. The lowest BCUT2D eigenvalue weighted by Gasteiger charge is -2.13. The molecule has 0 spiro atoms. The minimum Gasteiger partial charge on any atom is -0.350 e. The number of rotatable bonds is 5. The summed E-state index contributed by atoms with van der Waals surface area (Å²) in [4.78, 5) is 10.4. The second kappa shape index (κ2) is 6.03. The molecule has 3 aromatic heterocycles. The lowest BCUT2D eigenvalue weighted by Crippen LogP contribution is -2.24. The Bertz CT molecular complexity index is 944. The number of hydrogen-bond donors (Lipinski definition) is 1. The summed E-state index contributed by atoms with van der Waals surface area (Å²) in [6.07, 6.45) is 5.00. The van der Waals surface area contributed by atoms with Crippen LogP contribution in [0, 0.1) is 0 Å². The van der Waals surface area contributed by atoms with Gasteiger partial charge in [-0.1, -0.05) is 17.3 Å². The zero-order chi connectivity index (χ0) is 16.4. The van der Waals surface area contributed by atoms with Crippen LogP contribution in [0.15, 0.2) is 48.9 Å². The first-order chi connectivity index (χ1) is 11.8. The maximum atomic E-state index is 4.52. The molecule has 0 unspecified atom stereocenters. The van der Waals surface area contributed by atoms with E-state index in [0.717, 1.165) is 11.0 Å². The van der Waals surface area contributed by atoms with Crippen molar-refractivity contribution in [2.24, 2.45) is 0 Å². The van der Waals surface area contributed by atoms with Gasteiger partial charge in [0.25, 0.3) is 0 Å². The quantitative estimate of drug-likeness (QED) is 0.591. The van der Waals surface area contributed by atoms with Gasteiger partial charge < -0.3 is 5.32 Å². The molecule has 4 rings (SSSR count). The second-order valence-corrected chi connectivity index (χ2v) is 5.36. The summed E-state index contributed by atoms with van der Waals surface area (Å²) in [5, 5.41) is 19.8. The minimum atomic E-state index is 0.0696. The van der Waals surface area contributed by atoms with Crippen molar-refractivity contribution in [2.75, 3.05) is 5.32 Å². The van der Waals surface area contributed by atoms with E-state index in [1.54, 1.807) is 34.1 Å². The molecule has 0 fully saturated rings. The lowest BCUT2D eigenvalue weighted by molar-refractivity contribution is 0.497. The SMILES string of the molecule is C[C@H](Cn1nccn1)Nc1nccc(-n2nnc3ccccc32)n1. The van der Waals surface area contributed by atoms with E-state index in [4.69, 9.17) is 0 Å². The fourth-order valence-electron chi connectivity index (χ4n) is 2.42. The zero-order valence-corrected chi connectivity index (χ0v) is 13.0. The topological polar surface area (TPSA) is 99.2 Å². The highest BCUT2D eigenvalue weighted by Gasteiger charge is 2.10. The van der Waals surface area contributed by atoms with Crippen molar-refractivity contribution in [1.82, 2.24) is 40.0 Å². The molecule has 0 saturated carbocycles. The largest absolute Gasteiger partial charge is 0.350 e. The molecular formula is C15H15N9. The molecule has 0 bridgehead atoms. The van der Waals surface area contributed by atoms with Crippen molar-refractivity contribution in [3.8, 4) is 5.82 Å². The Labute approximate surface area is 137 Å². The van der Waals surface area contributed by atoms with E-state index in [1.165, 1.54) is 0 Å². The van der Waals surface area contributed by atoms with E-state index >= 15 is 0 Å². The Kier molecular flexibility index (Phi) is 3.58. The van der Waals surface area contributed by atoms with Crippen molar-refractivity contribution >= 4 is 17.0 Å². The van der Waals surface area contributed by atoms with Crippen LogP contribution in [0.5, 0.6) is 0 Å². The van der Waals surface area contributed by atoms with Gasteiger partial charge in [-0.2, -0.15) is 24.7 Å². The van der Waals surface area contributed by atoms with Gasteiger partial charge in [0.15, 0.2) is 5.82 Å². The van der Waals surface area contributed by atoms with E-state index < -0.39 is 0 Å². The van der Waals surface area contributed by atoms with Crippen molar-refractivity contribution in [3.05, 3.63) is 48.9 Å². The van der Waals surface area contributed by atoms with Gasteiger partial charge in [0.05, 0.1) is 24.5 Å². The second-order valence-electron chi connectivity index (χ2n) is 5.36. The first kappa shape index (κ1) is 14.2. The number of aromatic nitrogens is 8. The first-order valence-electron chi connectivity index (χ1n) is 7.54. The molecular weight excluding hydrogens is 306 g/mol. The molecule has 0 aliphatic rings. The van der Waals surface area contributed by atoms with Crippen LogP contribution in [0.3, 0.4) is 0 Å². The zero-order valence-electron chi connectivity index (χ0n) is 13.0. The molecule has 0 aliphatic carbocycles. The Morgan fingerprint density at radius 1 is 1.08 bits per heavy atom. The maximum absolute atomic E-state index is 4.52. The van der Waals surface area contributed by atoms with Crippen molar-refractivity contribution in [1.29, 1.82) is 0 Å². The predicted octanol–water partition coefficient (Wildman–Crippen LogP) is 1.30. The van der Waals surface area contributed by atoms with Crippen LogP contribution in [0.1, 0.15) is 6.92 Å². The number of benzene rings is 1. The summed E-state index contributed by atoms with van der Waals surface area (Å²) in [6.45, 7) is 2.64. The van der Waals surface area contributed by atoms with E-state index in [1.807, 2.05) is 31.2 Å². The average Bonchev–Trinajstić information content (AvgIpc) is 3.24. The van der Waals surface area contributed by atoms with E-state index in [0.29, 0.717) is 18.3 Å². The van der Waals surface area contributed by atoms with Crippen LogP contribution >= 0.6 is 0 Å². The number of para-hydroxylation sites is 1. The third kappa shape index (κ3) is 2.78. The smallest absolute Gasteiger partial charge is 0.224 e. The summed E-state index contributed by atoms with van der Waals surface area (Å²) < 4.78 is 1.70. The summed E-state index contributed by atoms with van der Waals surface area (Å²) in [6, 6.07) is 9.61. The summed E-state index contributed by atoms with van der Waals surface area (Å²) in [5.74, 6) is 1.18. The molecule has 24 heavy (non-hydrogen) atoms. The fourth-order valence-corrected chi connectivity index (χ4v) is 2.42. The summed E-state index contributed by atoms with van der Waals surface area (Å²) in [5.41, 5.74) is 1.72. The fraction of sp³-hybridized carbons (Fsp3) is 0.200. The number of anilines is 1. The Balaban J connectivity index is 1.57. The first-order valence-corrected chi connectivity index (χ1v) is 7.54.